The molecule has 2 N–H and O–H groups in total. The third-order valence-corrected chi connectivity index (χ3v) is 5.29. The van der Waals surface area contributed by atoms with Crippen molar-refractivity contribution in [1.29, 1.82) is 0 Å². The Kier molecular flexibility index (Phi) is 4.42. The normalized spacial score (nSPS) is 21.2. The highest BCUT2D eigenvalue weighted by Gasteiger charge is 2.32. The lowest BCUT2D eigenvalue weighted by Crippen LogP contribution is -2.38. The molecule has 104 valence electrons. The molecule has 19 heavy (non-hydrogen) atoms. The molecule has 1 fully saturated rings. The fourth-order valence-corrected chi connectivity index (χ4v) is 4.22. The van der Waals surface area contributed by atoms with E-state index < -0.39 is 9.84 Å². The Morgan fingerprint density at radius 3 is 2.58 bits per heavy atom. The third-order valence-electron chi connectivity index (χ3n) is 3.34. The van der Waals surface area contributed by atoms with Gasteiger partial charge in [0.1, 0.15) is 0 Å². The van der Waals surface area contributed by atoms with Crippen molar-refractivity contribution in [3.63, 3.8) is 0 Å². The van der Waals surface area contributed by atoms with Crippen molar-refractivity contribution in [2.24, 2.45) is 5.73 Å². The van der Waals surface area contributed by atoms with E-state index in [1.807, 2.05) is 30.3 Å². The Labute approximate surface area is 119 Å². The summed E-state index contributed by atoms with van der Waals surface area (Å²) < 4.78 is 23.3. The highest BCUT2D eigenvalue weighted by molar-refractivity contribution is 7.91. The molecular formula is C13H18N2O2S2. The average molecular weight is 298 g/mol. The number of rotatable bonds is 5. The number of benzene rings is 1. The number of thiocarbonyl (C=S) groups is 1. The minimum absolute atomic E-state index is 0.0294. The molecule has 1 aliphatic rings. The standard InChI is InChI=1S/C13H18N2O2S2/c14-13(18)6-8-15(11-4-2-1-3-5-11)12-7-9-19(16,17)10-12/h1-5,12H,6-10H2,(H2,14,18). The van der Waals surface area contributed by atoms with Gasteiger partial charge in [-0.15, -0.1) is 0 Å². The zero-order valence-corrected chi connectivity index (χ0v) is 12.3. The summed E-state index contributed by atoms with van der Waals surface area (Å²) in [6.45, 7) is 0.666. The number of hydrogen-bond acceptors (Lipinski definition) is 4. The van der Waals surface area contributed by atoms with Crippen LogP contribution in [0.4, 0.5) is 5.69 Å². The summed E-state index contributed by atoms with van der Waals surface area (Å²) in [6, 6.07) is 9.86. The van der Waals surface area contributed by atoms with E-state index in [2.05, 4.69) is 4.90 Å². The van der Waals surface area contributed by atoms with Crippen LogP contribution >= 0.6 is 12.2 Å². The molecular weight excluding hydrogens is 280 g/mol. The molecule has 1 aromatic rings. The number of nitrogens with two attached hydrogens (primary N) is 1. The van der Waals surface area contributed by atoms with Gasteiger partial charge in [0, 0.05) is 24.7 Å². The zero-order chi connectivity index (χ0) is 13.9. The molecule has 0 saturated carbocycles. The van der Waals surface area contributed by atoms with Gasteiger partial charge in [-0.2, -0.15) is 0 Å². The van der Waals surface area contributed by atoms with E-state index in [4.69, 9.17) is 18.0 Å². The Balaban J connectivity index is 2.17. The van der Waals surface area contributed by atoms with Crippen LogP contribution in [0.1, 0.15) is 12.8 Å². The smallest absolute Gasteiger partial charge is 0.152 e. The minimum atomic E-state index is -2.89. The van der Waals surface area contributed by atoms with Crippen molar-refractivity contribution in [2.75, 3.05) is 23.0 Å². The van der Waals surface area contributed by atoms with Gasteiger partial charge < -0.3 is 10.6 Å². The van der Waals surface area contributed by atoms with Crippen LogP contribution in [-0.2, 0) is 9.84 Å². The lowest BCUT2D eigenvalue weighted by molar-refractivity contribution is 0.599. The molecule has 0 amide bonds. The molecule has 0 spiro atoms. The molecule has 6 heteroatoms. The van der Waals surface area contributed by atoms with Gasteiger partial charge in [-0.05, 0) is 18.6 Å². The van der Waals surface area contributed by atoms with E-state index in [9.17, 15) is 8.42 Å². The molecule has 1 atom stereocenters. The van der Waals surface area contributed by atoms with E-state index in [1.54, 1.807) is 0 Å². The molecule has 1 heterocycles. The second kappa shape index (κ2) is 5.88. The summed E-state index contributed by atoms with van der Waals surface area (Å²) in [5, 5.41) is 0. The fraction of sp³-hybridized carbons (Fsp3) is 0.462. The van der Waals surface area contributed by atoms with Crippen LogP contribution in [0.3, 0.4) is 0 Å². The second-order valence-corrected chi connectivity index (χ2v) is 7.56. The van der Waals surface area contributed by atoms with Gasteiger partial charge in [0.25, 0.3) is 0 Å². The van der Waals surface area contributed by atoms with Gasteiger partial charge in [-0.3, -0.25) is 0 Å². The Morgan fingerprint density at radius 1 is 1.37 bits per heavy atom. The molecule has 0 bridgehead atoms. The van der Waals surface area contributed by atoms with E-state index in [1.165, 1.54) is 0 Å². The van der Waals surface area contributed by atoms with Crippen molar-refractivity contribution in [1.82, 2.24) is 0 Å². The molecule has 1 aromatic carbocycles. The first kappa shape index (κ1) is 14.3. The molecule has 1 aliphatic heterocycles. The van der Waals surface area contributed by atoms with Crippen LogP contribution in [0.25, 0.3) is 0 Å². The predicted octanol–water partition coefficient (Wildman–Crippen LogP) is 1.36. The lowest BCUT2D eigenvalue weighted by Gasteiger charge is -2.30. The minimum Gasteiger partial charge on any atom is -0.393 e. The first-order valence-corrected chi connectivity index (χ1v) is 8.51. The molecule has 4 nitrogen and oxygen atoms in total. The van der Waals surface area contributed by atoms with Crippen molar-refractivity contribution in [3.8, 4) is 0 Å². The van der Waals surface area contributed by atoms with E-state index in [0.717, 1.165) is 5.69 Å². The molecule has 1 unspecified atom stereocenters. The maximum absolute atomic E-state index is 11.6. The molecule has 2 rings (SSSR count). The molecule has 0 aromatic heterocycles. The highest BCUT2D eigenvalue weighted by Crippen LogP contribution is 2.24. The van der Waals surface area contributed by atoms with Gasteiger partial charge in [0.15, 0.2) is 9.84 Å². The number of sulfone groups is 1. The third kappa shape index (κ3) is 3.91. The van der Waals surface area contributed by atoms with Crippen LogP contribution in [0.2, 0.25) is 0 Å². The summed E-state index contributed by atoms with van der Waals surface area (Å²) in [5.74, 6) is 0.493. The Morgan fingerprint density at radius 2 is 2.05 bits per heavy atom. The number of nitrogens with zero attached hydrogens (tertiary/aromatic N) is 1. The van der Waals surface area contributed by atoms with E-state index in [-0.39, 0.29) is 17.5 Å². The summed E-state index contributed by atoms with van der Waals surface area (Å²) in [5.41, 5.74) is 6.59. The Bertz CT molecular complexity index is 543. The van der Waals surface area contributed by atoms with Crippen molar-refractivity contribution in [3.05, 3.63) is 30.3 Å². The first-order chi connectivity index (χ1) is 8.98. The SMILES string of the molecule is NC(=S)CCN(c1ccccc1)C1CCS(=O)(=O)C1. The van der Waals surface area contributed by atoms with Gasteiger partial charge in [-0.25, -0.2) is 8.42 Å². The monoisotopic (exact) mass is 298 g/mol. The number of para-hydroxylation sites is 1. The van der Waals surface area contributed by atoms with Gasteiger partial charge in [0.2, 0.25) is 0 Å². The molecule has 1 saturated heterocycles. The quantitative estimate of drug-likeness (QED) is 0.832. The Hall–Kier alpha value is -1.14. The van der Waals surface area contributed by atoms with Crippen molar-refractivity contribution < 1.29 is 8.42 Å². The highest BCUT2D eigenvalue weighted by atomic mass is 32.2. The predicted molar refractivity (Wildman–Crippen MR) is 82.2 cm³/mol. The first-order valence-electron chi connectivity index (χ1n) is 6.28. The van der Waals surface area contributed by atoms with Crippen LogP contribution in [0, 0.1) is 0 Å². The van der Waals surface area contributed by atoms with E-state index >= 15 is 0 Å². The van der Waals surface area contributed by atoms with Crippen LogP contribution < -0.4 is 10.6 Å². The van der Waals surface area contributed by atoms with E-state index in [0.29, 0.717) is 24.4 Å². The van der Waals surface area contributed by atoms with Crippen LogP contribution in [-0.4, -0.2) is 37.5 Å². The number of anilines is 1. The van der Waals surface area contributed by atoms with Crippen molar-refractivity contribution in [2.45, 2.75) is 18.9 Å². The van der Waals surface area contributed by atoms with Crippen LogP contribution in [0.5, 0.6) is 0 Å². The zero-order valence-electron chi connectivity index (χ0n) is 10.7. The lowest BCUT2D eigenvalue weighted by atomic mass is 10.1. The fourth-order valence-electron chi connectivity index (χ4n) is 2.39. The second-order valence-electron chi connectivity index (χ2n) is 4.80. The van der Waals surface area contributed by atoms with Crippen molar-refractivity contribution >= 4 is 32.7 Å². The molecule has 0 radical (unpaired) electrons. The van der Waals surface area contributed by atoms with Gasteiger partial charge >= 0.3 is 0 Å². The topological polar surface area (TPSA) is 63.4 Å². The summed E-state index contributed by atoms with van der Waals surface area (Å²) in [7, 11) is -2.89. The molecule has 0 aliphatic carbocycles. The maximum atomic E-state index is 11.6. The van der Waals surface area contributed by atoms with Gasteiger partial charge in [0.05, 0.1) is 16.5 Å². The van der Waals surface area contributed by atoms with Gasteiger partial charge in [-0.1, -0.05) is 30.4 Å². The largest absolute Gasteiger partial charge is 0.393 e. The summed E-state index contributed by atoms with van der Waals surface area (Å²) in [6.07, 6.45) is 1.27. The summed E-state index contributed by atoms with van der Waals surface area (Å²) >= 11 is 4.92. The summed E-state index contributed by atoms with van der Waals surface area (Å²) in [4.78, 5) is 2.57. The maximum Gasteiger partial charge on any atom is 0.152 e. The van der Waals surface area contributed by atoms with Crippen LogP contribution in [0.15, 0.2) is 30.3 Å². The number of hydrogen-bond donors (Lipinski definition) is 1. The average Bonchev–Trinajstić information content (AvgIpc) is 2.71.